The molecule has 0 saturated heterocycles. The number of nitrogens with one attached hydrogen (secondary N) is 1. The van der Waals surface area contributed by atoms with Gasteiger partial charge in [-0.25, -0.2) is 9.67 Å². The Morgan fingerprint density at radius 3 is 2.57 bits per heavy atom. The molecule has 154 valence electrons. The van der Waals surface area contributed by atoms with Crippen LogP contribution in [0.4, 0.5) is 0 Å². The third-order valence-electron chi connectivity index (χ3n) is 4.18. The fraction of sp³-hybridized carbons (Fsp3) is 0.421. The molecule has 28 heavy (non-hydrogen) atoms. The van der Waals surface area contributed by atoms with Gasteiger partial charge in [0.25, 0.3) is 5.91 Å². The van der Waals surface area contributed by atoms with Crippen LogP contribution in [0.2, 0.25) is 0 Å². The summed E-state index contributed by atoms with van der Waals surface area (Å²) in [6, 6.07) is 6.19. The van der Waals surface area contributed by atoms with Crippen LogP contribution in [0.25, 0.3) is 21.6 Å². The lowest BCUT2D eigenvalue weighted by Gasteiger charge is -2.11. The molecule has 0 radical (unpaired) electrons. The van der Waals surface area contributed by atoms with Crippen molar-refractivity contribution < 1.29 is 4.79 Å². The fourth-order valence-electron chi connectivity index (χ4n) is 2.79. The van der Waals surface area contributed by atoms with Gasteiger partial charge in [0.15, 0.2) is 5.65 Å². The molecule has 1 unspecified atom stereocenters. The number of carbonyl (C=O) groups is 1. The van der Waals surface area contributed by atoms with Crippen molar-refractivity contribution in [2.24, 2.45) is 5.73 Å². The zero-order valence-electron chi connectivity index (χ0n) is 16.4. The summed E-state index contributed by atoms with van der Waals surface area (Å²) in [5.41, 5.74) is 7.92. The first-order valence-electron chi connectivity index (χ1n) is 8.85. The maximum atomic E-state index is 12.8. The molecule has 1 amide bonds. The number of aromatic nitrogens is 3. The van der Waals surface area contributed by atoms with E-state index in [0.29, 0.717) is 12.1 Å². The number of carbonyl (C=O) groups excluding carboxylic acids is 1. The van der Waals surface area contributed by atoms with Gasteiger partial charge in [0.2, 0.25) is 0 Å². The Kier molecular flexibility index (Phi) is 8.88. The predicted molar refractivity (Wildman–Crippen MR) is 121 cm³/mol. The molecule has 0 saturated carbocycles. The number of nitrogens with two attached hydrogens (primary N) is 1. The Morgan fingerprint density at radius 2 is 2.00 bits per heavy atom. The Morgan fingerprint density at radius 1 is 1.29 bits per heavy atom. The number of nitrogens with zero attached hydrogens (tertiary/aromatic N) is 3. The third kappa shape index (κ3) is 5.23. The number of halogens is 2. The molecule has 3 aromatic rings. The van der Waals surface area contributed by atoms with Crippen molar-refractivity contribution in [1.82, 2.24) is 20.1 Å². The number of hydrogen-bond donors (Lipinski definition) is 2. The highest BCUT2D eigenvalue weighted by molar-refractivity contribution is 7.15. The van der Waals surface area contributed by atoms with Crippen molar-refractivity contribution in [2.45, 2.75) is 46.2 Å². The van der Waals surface area contributed by atoms with Gasteiger partial charge < -0.3 is 11.1 Å². The molecule has 0 spiro atoms. The van der Waals surface area contributed by atoms with Crippen LogP contribution in [0.5, 0.6) is 0 Å². The topological polar surface area (TPSA) is 85.8 Å². The molecule has 3 heterocycles. The molecule has 0 aromatic carbocycles. The van der Waals surface area contributed by atoms with E-state index in [9.17, 15) is 4.79 Å². The molecular weight excluding hydrogens is 417 g/mol. The van der Waals surface area contributed by atoms with E-state index in [0.717, 1.165) is 28.0 Å². The number of thiophene rings is 1. The van der Waals surface area contributed by atoms with Crippen LogP contribution in [0.3, 0.4) is 0 Å². The molecule has 3 rings (SSSR count). The smallest absolute Gasteiger partial charge is 0.252 e. The van der Waals surface area contributed by atoms with Crippen LogP contribution in [0.1, 0.15) is 48.5 Å². The Hall–Kier alpha value is -1.67. The normalized spacial score (nSPS) is 11.8. The van der Waals surface area contributed by atoms with Crippen molar-refractivity contribution in [2.75, 3.05) is 6.54 Å². The molecule has 0 aliphatic rings. The predicted octanol–water partition coefficient (Wildman–Crippen LogP) is 4.36. The number of hydrogen-bond acceptors (Lipinski definition) is 5. The van der Waals surface area contributed by atoms with Crippen LogP contribution in [0, 0.1) is 6.92 Å². The van der Waals surface area contributed by atoms with Crippen molar-refractivity contribution in [1.29, 1.82) is 0 Å². The van der Waals surface area contributed by atoms with Gasteiger partial charge in [-0.3, -0.25) is 4.79 Å². The summed E-state index contributed by atoms with van der Waals surface area (Å²) in [7, 11) is 0. The van der Waals surface area contributed by atoms with E-state index in [1.165, 1.54) is 4.88 Å². The molecule has 0 aliphatic heterocycles. The molecule has 3 aromatic heterocycles. The highest BCUT2D eigenvalue weighted by atomic mass is 35.5. The maximum Gasteiger partial charge on any atom is 0.252 e. The van der Waals surface area contributed by atoms with E-state index in [2.05, 4.69) is 37.3 Å². The Bertz CT molecular complexity index is 936. The van der Waals surface area contributed by atoms with Crippen LogP contribution in [-0.2, 0) is 0 Å². The van der Waals surface area contributed by atoms with Crippen LogP contribution in [0.15, 0.2) is 24.4 Å². The zero-order chi connectivity index (χ0) is 18.8. The highest BCUT2D eigenvalue weighted by Gasteiger charge is 2.19. The number of aryl methyl sites for hydroxylation is 1. The van der Waals surface area contributed by atoms with Gasteiger partial charge in [-0.05, 0) is 52.3 Å². The Balaban J connectivity index is 0.00000196. The summed E-state index contributed by atoms with van der Waals surface area (Å²) in [4.78, 5) is 19.9. The minimum absolute atomic E-state index is 0. The van der Waals surface area contributed by atoms with E-state index in [1.54, 1.807) is 17.5 Å². The molecule has 1 atom stereocenters. The molecule has 9 heteroatoms. The largest absolute Gasteiger partial charge is 0.352 e. The van der Waals surface area contributed by atoms with Gasteiger partial charge in [-0.2, -0.15) is 5.10 Å². The molecule has 0 aliphatic carbocycles. The average Bonchev–Trinajstić information content (AvgIpc) is 3.19. The van der Waals surface area contributed by atoms with Gasteiger partial charge >= 0.3 is 0 Å². The van der Waals surface area contributed by atoms with Crippen LogP contribution in [-0.4, -0.2) is 33.3 Å². The third-order valence-corrected chi connectivity index (χ3v) is 5.20. The minimum atomic E-state index is -0.115. The first kappa shape index (κ1) is 24.4. The van der Waals surface area contributed by atoms with E-state index >= 15 is 0 Å². The first-order chi connectivity index (χ1) is 12.4. The summed E-state index contributed by atoms with van der Waals surface area (Å²) in [6.07, 6.45) is 2.47. The lowest BCUT2D eigenvalue weighted by Crippen LogP contribution is -2.29. The first-order valence-corrected chi connectivity index (χ1v) is 9.67. The summed E-state index contributed by atoms with van der Waals surface area (Å²) >= 11 is 1.67. The van der Waals surface area contributed by atoms with Crippen LogP contribution < -0.4 is 11.1 Å². The van der Waals surface area contributed by atoms with Crippen molar-refractivity contribution in [3.8, 4) is 10.6 Å². The zero-order valence-corrected chi connectivity index (χ0v) is 18.9. The molecule has 0 fully saturated rings. The molecule has 6 nitrogen and oxygen atoms in total. The van der Waals surface area contributed by atoms with Gasteiger partial charge in [-0.15, -0.1) is 36.2 Å². The van der Waals surface area contributed by atoms with Gasteiger partial charge in [0, 0.05) is 23.5 Å². The summed E-state index contributed by atoms with van der Waals surface area (Å²) in [5.74, 6) is -0.115. The molecule has 3 N–H and O–H groups in total. The molecular formula is C19H27Cl2N5OS. The summed E-state index contributed by atoms with van der Waals surface area (Å²) < 4.78 is 1.86. The van der Waals surface area contributed by atoms with Gasteiger partial charge in [0.1, 0.15) is 0 Å². The monoisotopic (exact) mass is 443 g/mol. The van der Waals surface area contributed by atoms with E-state index < -0.39 is 0 Å². The highest BCUT2D eigenvalue weighted by Crippen LogP contribution is 2.30. The van der Waals surface area contributed by atoms with E-state index in [1.807, 2.05) is 23.7 Å². The van der Waals surface area contributed by atoms with E-state index in [-0.39, 0.29) is 42.8 Å². The van der Waals surface area contributed by atoms with Gasteiger partial charge in [0.05, 0.1) is 27.7 Å². The number of pyridine rings is 1. The van der Waals surface area contributed by atoms with Gasteiger partial charge in [-0.1, -0.05) is 0 Å². The molecule has 0 bridgehead atoms. The number of rotatable bonds is 6. The minimum Gasteiger partial charge on any atom is -0.352 e. The maximum absolute atomic E-state index is 12.8. The fourth-order valence-corrected chi connectivity index (χ4v) is 3.62. The lowest BCUT2D eigenvalue weighted by molar-refractivity contribution is 0.0954. The second kappa shape index (κ2) is 10.2. The number of fused-ring (bicyclic) bond motifs is 1. The van der Waals surface area contributed by atoms with Crippen molar-refractivity contribution in [3.05, 3.63) is 34.8 Å². The standard InChI is InChI=1S/C19H25N5OS.2ClH/c1-11(2)24-18-15(10-22-24)14(19(25)21-8-7-12(3)20)9-16(23-18)17-6-5-13(4)26-17;;/h5-6,9-12H,7-8,20H2,1-4H3,(H,21,25);2*1H. The summed E-state index contributed by atoms with van der Waals surface area (Å²) in [6.45, 7) is 8.65. The SMILES string of the molecule is Cc1ccc(-c2cc(C(=O)NCCC(C)N)c3cnn(C(C)C)c3n2)s1.Cl.Cl. The number of amides is 1. The quantitative estimate of drug-likeness (QED) is 0.592. The van der Waals surface area contributed by atoms with E-state index in [4.69, 9.17) is 10.7 Å². The Labute approximate surface area is 181 Å². The average molecular weight is 444 g/mol. The second-order valence-electron chi connectivity index (χ2n) is 6.91. The summed E-state index contributed by atoms with van der Waals surface area (Å²) in [5, 5.41) is 8.18. The second-order valence-corrected chi connectivity index (χ2v) is 8.20. The van der Waals surface area contributed by atoms with Crippen molar-refractivity contribution in [3.63, 3.8) is 0 Å². The van der Waals surface area contributed by atoms with Crippen molar-refractivity contribution >= 4 is 53.1 Å². The lowest BCUT2D eigenvalue weighted by atomic mass is 10.1. The van der Waals surface area contributed by atoms with Crippen LogP contribution >= 0.6 is 36.2 Å².